The molecule has 9 heteroatoms. The lowest BCUT2D eigenvalue weighted by Crippen LogP contribution is -2.47. The van der Waals surface area contributed by atoms with E-state index < -0.39 is 11.6 Å². The topological polar surface area (TPSA) is 102 Å². The van der Waals surface area contributed by atoms with Crippen LogP contribution in [-0.4, -0.2) is 44.5 Å². The highest BCUT2D eigenvalue weighted by Crippen LogP contribution is 2.44. The smallest absolute Gasteiger partial charge is 0.343 e. The SMILES string of the molecule is CC[C@@]1(O)C(=O)OCc2c1cc1n(c2=O)Cc2c-1nc1cc(F)c(C)cc1c2C1CN(C(C)=O)C1. The minimum atomic E-state index is -1.91. The summed E-state index contributed by atoms with van der Waals surface area (Å²) in [5.74, 6) is -1.13. The van der Waals surface area contributed by atoms with Gasteiger partial charge in [0.2, 0.25) is 5.91 Å². The number of carbonyl (C=O) groups is 2. The molecule has 0 saturated carbocycles. The van der Waals surface area contributed by atoms with Gasteiger partial charge in [0, 0.05) is 48.5 Å². The van der Waals surface area contributed by atoms with E-state index in [1.165, 1.54) is 13.0 Å². The Morgan fingerprint density at radius 2 is 2.00 bits per heavy atom. The van der Waals surface area contributed by atoms with Crippen LogP contribution in [0.15, 0.2) is 23.0 Å². The number of hydrogen-bond donors (Lipinski definition) is 1. The summed E-state index contributed by atoms with van der Waals surface area (Å²) in [6.07, 6.45) is 0.0540. The Bertz CT molecular complexity index is 1540. The van der Waals surface area contributed by atoms with E-state index in [1.807, 2.05) is 0 Å². The molecule has 3 aliphatic rings. The summed E-state index contributed by atoms with van der Waals surface area (Å²) >= 11 is 0. The van der Waals surface area contributed by atoms with Crippen molar-refractivity contribution in [2.45, 2.75) is 51.9 Å². The molecular formula is C26H24FN3O5. The van der Waals surface area contributed by atoms with Crippen molar-refractivity contribution in [2.24, 2.45) is 0 Å². The van der Waals surface area contributed by atoms with Crippen molar-refractivity contribution >= 4 is 22.8 Å². The van der Waals surface area contributed by atoms with Crippen molar-refractivity contribution in [1.29, 1.82) is 0 Å². The number of pyridine rings is 2. The number of aryl methyl sites for hydroxylation is 1. The molecule has 0 spiro atoms. The zero-order chi connectivity index (χ0) is 24.8. The first kappa shape index (κ1) is 21.9. The fraction of sp³-hybridized carbons (Fsp3) is 0.385. The third-order valence-electron chi connectivity index (χ3n) is 7.75. The standard InChI is InChI=1S/C26H24FN3O5/c1-4-26(34)18-6-21-23-16(10-30(21)24(32)17(18)11-35-25(26)33)22(14-8-29(9-14)13(3)31)15-5-12(2)19(27)7-20(15)28-23/h5-7,14,34H,4,8-11H2,1-3H3/t26-/m0/s1. The molecular weight excluding hydrogens is 453 g/mol. The molecule has 0 unspecified atom stereocenters. The van der Waals surface area contributed by atoms with Gasteiger partial charge in [-0.15, -0.1) is 0 Å². The zero-order valence-electron chi connectivity index (χ0n) is 19.6. The highest BCUT2D eigenvalue weighted by Gasteiger charge is 2.46. The highest BCUT2D eigenvalue weighted by atomic mass is 19.1. The lowest BCUT2D eigenvalue weighted by Gasteiger charge is -2.40. The zero-order valence-corrected chi connectivity index (χ0v) is 19.6. The Balaban J connectivity index is 1.61. The minimum Gasteiger partial charge on any atom is -0.458 e. The van der Waals surface area contributed by atoms with Gasteiger partial charge in [0.15, 0.2) is 5.60 Å². The number of rotatable bonds is 2. The summed E-state index contributed by atoms with van der Waals surface area (Å²) in [7, 11) is 0. The average molecular weight is 477 g/mol. The first-order valence-electron chi connectivity index (χ1n) is 11.7. The molecule has 1 amide bonds. The summed E-state index contributed by atoms with van der Waals surface area (Å²) in [5.41, 5.74) is 2.03. The second-order valence-electron chi connectivity index (χ2n) is 9.70. The molecule has 1 saturated heterocycles. The average Bonchev–Trinajstić information content (AvgIpc) is 3.15. The number of ether oxygens (including phenoxy) is 1. The number of fused-ring (bicyclic) bond motifs is 5. The molecule has 1 fully saturated rings. The number of esters is 1. The number of amides is 1. The van der Waals surface area contributed by atoms with E-state index in [9.17, 15) is 23.9 Å². The van der Waals surface area contributed by atoms with E-state index in [0.717, 1.165) is 16.5 Å². The summed E-state index contributed by atoms with van der Waals surface area (Å²) < 4.78 is 21.3. The van der Waals surface area contributed by atoms with Gasteiger partial charge in [0.25, 0.3) is 5.56 Å². The van der Waals surface area contributed by atoms with Crippen LogP contribution in [0.5, 0.6) is 0 Å². The molecule has 180 valence electrons. The van der Waals surface area contributed by atoms with Gasteiger partial charge in [0.05, 0.1) is 29.0 Å². The van der Waals surface area contributed by atoms with Crippen LogP contribution in [0.4, 0.5) is 4.39 Å². The maximum Gasteiger partial charge on any atom is 0.343 e. The van der Waals surface area contributed by atoms with Gasteiger partial charge in [-0.1, -0.05) is 6.92 Å². The third kappa shape index (κ3) is 2.87. The van der Waals surface area contributed by atoms with Gasteiger partial charge >= 0.3 is 5.97 Å². The lowest BCUT2D eigenvalue weighted by molar-refractivity contribution is -0.172. The van der Waals surface area contributed by atoms with Crippen molar-refractivity contribution in [3.05, 3.63) is 62.2 Å². The van der Waals surface area contributed by atoms with Gasteiger partial charge in [-0.05, 0) is 36.6 Å². The third-order valence-corrected chi connectivity index (χ3v) is 7.75. The van der Waals surface area contributed by atoms with Crippen LogP contribution >= 0.6 is 0 Å². The maximum atomic E-state index is 14.5. The van der Waals surface area contributed by atoms with Crippen LogP contribution in [0.25, 0.3) is 22.3 Å². The molecule has 6 rings (SSSR count). The number of hydrogen-bond acceptors (Lipinski definition) is 6. The normalized spacial score (nSPS) is 20.8. The number of likely N-dealkylation sites (tertiary alicyclic amines) is 1. The maximum absolute atomic E-state index is 14.5. The monoisotopic (exact) mass is 477 g/mol. The van der Waals surface area contributed by atoms with Crippen molar-refractivity contribution in [3.8, 4) is 11.4 Å². The molecule has 35 heavy (non-hydrogen) atoms. The Labute approximate surface area is 199 Å². The molecule has 1 atom stereocenters. The van der Waals surface area contributed by atoms with E-state index in [-0.39, 0.29) is 53.9 Å². The van der Waals surface area contributed by atoms with Crippen LogP contribution in [-0.2, 0) is 33.1 Å². The van der Waals surface area contributed by atoms with Crippen LogP contribution in [0.1, 0.15) is 54.0 Å². The predicted molar refractivity (Wildman–Crippen MR) is 124 cm³/mol. The second-order valence-corrected chi connectivity index (χ2v) is 9.70. The van der Waals surface area contributed by atoms with Crippen LogP contribution < -0.4 is 5.56 Å². The second kappa shape index (κ2) is 7.21. The molecule has 0 aliphatic carbocycles. The molecule has 1 aromatic carbocycles. The summed E-state index contributed by atoms with van der Waals surface area (Å²) in [6, 6.07) is 4.83. The molecule has 0 bridgehead atoms. The van der Waals surface area contributed by atoms with Crippen molar-refractivity contribution in [3.63, 3.8) is 0 Å². The molecule has 2 aromatic heterocycles. The van der Waals surface area contributed by atoms with Crippen LogP contribution in [0, 0.1) is 12.7 Å². The quantitative estimate of drug-likeness (QED) is 0.445. The van der Waals surface area contributed by atoms with Crippen LogP contribution in [0.2, 0.25) is 0 Å². The summed E-state index contributed by atoms with van der Waals surface area (Å²) in [4.78, 5) is 44.3. The largest absolute Gasteiger partial charge is 0.458 e. The molecule has 5 heterocycles. The summed E-state index contributed by atoms with van der Waals surface area (Å²) in [6.45, 7) is 6.03. The molecule has 0 radical (unpaired) electrons. The number of cyclic esters (lactones) is 1. The Hall–Kier alpha value is -3.59. The number of nitrogens with zero attached hydrogens (tertiary/aromatic N) is 3. The fourth-order valence-electron chi connectivity index (χ4n) is 5.62. The number of carbonyl (C=O) groups excluding carboxylic acids is 2. The van der Waals surface area contributed by atoms with Gasteiger partial charge in [0.1, 0.15) is 12.4 Å². The predicted octanol–water partition coefficient (Wildman–Crippen LogP) is 2.47. The molecule has 3 aliphatic heterocycles. The Morgan fingerprint density at radius 1 is 1.26 bits per heavy atom. The van der Waals surface area contributed by atoms with Crippen LogP contribution in [0.3, 0.4) is 0 Å². The van der Waals surface area contributed by atoms with E-state index in [2.05, 4.69) is 0 Å². The Kier molecular flexibility index (Phi) is 4.51. The van der Waals surface area contributed by atoms with Crippen molar-refractivity contribution < 1.29 is 23.8 Å². The van der Waals surface area contributed by atoms with Crippen molar-refractivity contribution in [2.75, 3.05) is 13.1 Å². The fourth-order valence-corrected chi connectivity index (χ4v) is 5.62. The lowest BCUT2D eigenvalue weighted by atomic mass is 9.84. The van der Waals surface area contributed by atoms with Gasteiger partial charge in [-0.2, -0.15) is 0 Å². The van der Waals surface area contributed by atoms with E-state index in [4.69, 9.17) is 9.72 Å². The first-order valence-corrected chi connectivity index (χ1v) is 11.7. The van der Waals surface area contributed by atoms with Gasteiger partial charge in [-0.25, -0.2) is 14.2 Å². The molecule has 8 nitrogen and oxygen atoms in total. The van der Waals surface area contributed by atoms with E-state index in [1.54, 1.807) is 35.4 Å². The highest BCUT2D eigenvalue weighted by molar-refractivity contribution is 5.90. The number of aliphatic hydroxyl groups is 1. The molecule has 3 aromatic rings. The molecule has 1 N–H and O–H groups in total. The number of benzene rings is 1. The number of halogens is 1. The Morgan fingerprint density at radius 3 is 2.69 bits per heavy atom. The van der Waals surface area contributed by atoms with Gasteiger partial charge < -0.3 is 19.3 Å². The van der Waals surface area contributed by atoms with E-state index >= 15 is 0 Å². The number of aromatic nitrogens is 2. The minimum absolute atomic E-state index is 0.00539. The first-order chi connectivity index (χ1) is 16.6. The van der Waals surface area contributed by atoms with Crippen molar-refractivity contribution in [1.82, 2.24) is 14.5 Å². The summed E-state index contributed by atoms with van der Waals surface area (Å²) in [5, 5.41) is 11.9. The van der Waals surface area contributed by atoms with E-state index in [0.29, 0.717) is 35.6 Å². The van der Waals surface area contributed by atoms with Gasteiger partial charge in [-0.3, -0.25) is 9.59 Å².